The number of anilines is 2. The second-order valence-corrected chi connectivity index (χ2v) is 8.01. The van der Waals surface area contributed by atoms with E-state index >= 15 is 0 Å². The summed E-state index contributed by atoms with van der Waals surface area (Å²) in [7, 11) is 1.81. The molecule has 2 aliphatic heterocycles. The van der Waals surface area contributed by atoms with Crippen molar-refractivity contribution in [1.82, 2.24) is 10.6 Å². The number of benzene rings is 2. The highest BCUT2D eigenvalue weighted by Crippen LogP contribution is 2.22. The molecule has 2 heterocycles. The molecule has 0 aliphatic carbocycles. The van der Waals surface area contributed by atoms with Crippen molar-refractivity contribution in [2.75, 3.05) is 36.5 Å². The van der Waals surface area contributed by atoms with Gasteiger partial charge in [-0.3, -0.25) is 9.79 Å². The molecule has 2 aliphatic rings. The molecule has 0 bridgehead atoms. The Hall–Kier alpha value is -3.02. The molecule has 2 aromatic rings. The molecule has 1 unspecified atom stereocenters. The van der Waals surface area contributed by atoms with Gasteiger partial charge in [0.25, 0.3) is 0 Å². The molecule has 0 aromatic heterocycles. The topological polar surface area (TPSA) is 60.0 Å². The third-order valence-electron chi connectivity index (χ3n) is 5.91. The van der Waals surface area contributed by atoms with Crippen LogP contribution in [0.1, 0.15) is 31.2 Å². The van der Waals surface area contributed by atoms with Crippen LogP contribution in [0.3, 0.4) is 0 Å². The molecule has 0 radical (unpaired) electrons. The van der Waals surface area contributed by atoms with Crippen molar-refractivity contribution in [3.05, 3.63) is 60.2 Å². The SMILES string of the molecule is CN=C(NCc1ccc(N2CCCCC2=O)cc1)NC1CCN(c2ccccc2)C1. The van der Waals surface area contributed by atoms with Gasteiger partial charge in [-0.2, -0.15) is 0 Å². The van der Waals surface area contributed by atoms with Crippen LogP contribution in [-0.4, -0.2) is 44.6 Å². The van der Waals surface area contributed by atoms with Crippen LogP contribution in [-0.2, 0) is 11.3 Å². The maximum Gasteiger partial charge on any atom is 0.226 e. The lowest BCUT2D eigenvalue weighted by Crippen LogP contribution is -2.44. The van der Waals surface area contributed by atoms with Crippen molar-refractivity contribution in [3.63, 3.8) is 0 Å². The lowest BCUT2D eigenvalue weighted by molar-refractivity contribution is -0.119. The first kappa shape index (κ1) is 20.3. The van der Waals surface area contributed by atoms with E-state index in [0.29, 0.717) is 19.0 Å². The molecule has 0 spiro atoms. The first-order chi connectivity index (χ1) is 14.7. The Kier molecular flexibility index (Phi) is 6.52. The van der Waals surface area contributed by atoms with Crippen molar-refractivity contribution in [3.8, 4) is 0 Å². The minimum atomic E-state index is 0.234. The van der Waals surface area contributed by atoms with E-state index in [9.17, 15) is 4.79 Å². The largest absolute Gasteiger partial charge is 0.369 e. The molecule has 1 amide bonds. The molecule has 6 heteroatoms. The van der Waals surface area contributed by atoms with E-state index in [1.54, 1.807) is 0 Å². The van der Waals surface area contributed by atoms with Gasteiger partial charge in [-0.05, 0) is 49.1 Å². The van der Waals surface area contributed by atoms with E-state index in [0.717, 1.165) is 50.5 Å². The minimum absolute atomic E-state index is 0.234. The fourth-order valence-electron chi connectivity index (χ4n) is 4.20. The van der Waals surface area contributed by atoms with Gasteiger partial charge in [0.2, 0.25) is 5.91 Å². The lowest BCUT2D eigenvalue weighted by Gasteiger charge is -2.27. The number of guanidine groups is 1. The molecule has 4 rings (SSSR count). The summed E-state index contributed by atoms with van der Waals surface area (Å²) in [5, 5.41) is 6.96. The van der Waals surface area contributed by atoms with Crippen molar-refractivity contribution >= 4 is 23.2 Å². The van der Waals surface area contributed by atoms with Crippen LogP contribution >= 0.6 is 0 Å². The molecule has 2 aromatic carbocycles. The van der Waals surface area contributed by atoms with Gasteiger partial charge < -0.3 is 20.4 Å². The summed E-state index contributed by atoms with van der Waals surface area (Å²) in [4.78, 5) is 20.8. The number of carbonyl (C=O) groups is 1. The zero-order valence-corrected chi connectivity index (χ0v) is 17.7. The van der Waals surface area contributed by atoms with Crippen molar-refractivity contribution < 1.29 is 4.79 Å². The van der Waals surface area contributed by atoms with Crippen LogP contribution in [0.4, 0.5) is 11.4 Å². The molecule has 0 saturated carbocycles. The highest BCUT2D eigenvalue weighted by atomic mass is 16.2. The van der Waals surface area contributed by atoms with E-state index in [1.807, 2.05) is 24.1 Å². The fourth-order valence-corrected chi connectivity index (χ4v) is 4.20. The van der Waals surface area contributed by atoms with Crippen LogP contribution in [0.5, 0.6) is 0 Å². The summed E-state index contributed by atoms with van der Waals surface area (Å²) < 4.78 is 0. The van der Waals surface area contributed by atoms with E-state index in [4.69, 9.17) is 0 Å². The second-order valence-electron chi connectivity index (χ2n) is 8.01. The number of piperidine rings is 1. The maximum absolute atomic E-state index is 12.1. The molecule has 2 fully saturated rings. The van der Waals surface area contributed by atoms with Crippen molar-refractivity contribution in [1.29, 1.82) is 0 Å². The number of amides is 1. The second kappa shape index (κ2) is 9.65. The quantitative estimate of drug-likeness (QED) is 0.593. The predicted octanol–water partition coefficient (Wildman–Crippen LogP) is 3.15. The summed E-state index contributed by atoms with van der Waals surface area (Å²) in [5.41, 5.74) is 3.44. The Balaban J connectivity index is 1.27. The first-order valence-electron chi connectivity index (χ1n) is 10.9. The zero-order valence-electron chi connectivity index (χ0n) is 17.7. The lowest BCUT2D eigenvalue weighted by atomic mass is 10.1. The summed E-state index contributed by atoms with van der Waals surface area (Å²) in [6.07, 6.45) is 3.84. The van der Waals surface area contributed by atoms with Crippen LogP contribution in [0.25, 0.3) is 0 Å². The molecule has 2 N–H and O–H groups in total. The first-order valence-corrected chi connectivity index (χ1v) is 10.9. The van der Waals surface area contributed by atoms with Gasteiger partial charge in [0, 0.05) is 57.1 Å². The number of hydrogen-bond donors (Lipinski definition) is 2. The minimum Gasteiger partial charge on any atom is -0.369 e. The number of hydrogen-bond acceptors (Lipinski definition) is 3. The number of aliphatic imine (C=N–C) groups is 1. The van der Waals surface area contributed by atoms with Crippen LogP contribution in [0.15, 0.2) is 59.6 Å². The van der Waals surface area contributed by atoms with Gasteiger partial charge in [-0.1, -0.05) is 30.3 Å². The average Bonchev–Trinajstić information content (AvgIpc) is 3.27. The van der Waals surface area contributed by atoms with Gasteiger partial charge in [0.1, 0.15) is 0 Å². The van der Waals surface area contributed by atoms with Crippen LogP contribution < -0.4 is 20.4 Å². The average molecular weight is 406 g/mol. The molecule has 30 heavy (non-hydrogen) atoms. The molecular formula is C24H31N5O. The Morgan fingerprint density at radius 2 is 1.83 bits per heavy atom. The van der Waals surface area contributed by atoms with Crippen molar-refractivity contribution in [2.45, 2.75) is 38.3 Å². The normalized spacial score (nSPS) is 19.8. The summed E-state index contributed by atoms with van der Waals surface area (Å²) in [6.45, 7) is 3.55. The zero-order chi connectivity index (χ0) is 20.8. The molecule has 1 atom stereocenters. The van der Waals surface area contributed by atoms with Gasteiger partial charge in [0.15, 0.2) is 5.96 Å². The Morgan fingerprint density at radius 1 is 1.03 bits per heavy atom. The molecular weight excluding hydrogens is 374 g/mol. The Morgan fingerprint density at radius 3 is 2.57 bits per heavy atom. The van der Waals surface area contributed by atoms with Crippen LogP contribution in [0.2, 0.25) is 0 Å². The Labute approximate surface area is 179 Å². The number of para-hydroxylation sites is 1. The molecule has 6 nitrogen and oxygen atoms in total. The maximum atomic E-state index is 12.1. The van der Waals surface area contributed by atoms with Gasteiger partial charge in [-0.25, -0.2) is 0 Å². The highest BCUT2D eigenvalue weighted by Gasteiger charge is 2.23. The van der Waals surface area contributed by atoms with Gasteiger partial charge >= 0.3 is 0 Å². The molecule has 158 valence electrons. The number of rotatable bonds is 5. The number of nitrogens with zero attached hydrogens (tertiary/aromatic N) is 3. The van der Waals surface area contributed by atoms with Crippen molar-refractivity contribution in [2.24, 2.45) is 4.99 Å². The summed E-state index contributed by atoms with van der Waals surface area (Å²) in [5.74, 6) is 1.06. The van der Waals surface area contributed by atoms with E-state index in [-0.39, 0.29) is 5.91 Å². The molecule has 2 saturated heterocycles. The van der Waals surface area contributed by atoms with Gasteiger partial charge in [-0.15, -0.1) is 0 Å². The van der Waals surface area contributed by atoms with E-state index < -0.39 is 0 Å². The smallest absolute Gasteiger partial charge is 0.226 e. The standard InChI is InChI=1S/C24H31N5O/c1-25-24(27-20-14-16-28(18-20)21-7-3-2-4-8-21)26-17-19-10-12-22(13-11-19)29-15-6-5-9-23(29)30/h2-4,7-8,10-13,20H,5-6,9,14-18H2,1H3,(H2,25,26,27). The third kappa shape index (κ3) is 4.93. The Bertz CT molecular complexity index is 865. The predicted molar refractivity (Wildman–Crippen MR) is 123 cm³/mol. The number of carbonyl (C=O) groups excluding carboxylic acids is 1. The van der Waals surface area contributed by atoms with E-state index in [1.165, 1.54) is 11.3 Å². The third-order valence-corrected chi connectivity index (χ3v) is 5.91. The number of nitrogens with one attached hydrogen (secondary N) is 2. The van der Waals surface area contributed by atoms with Gasteiger partial charge in [0.05, 0.1) is 0 Å². The highest BCUT2D eigenvalue weighted by molar-refractivity contribution is 5.94. The summed E-state index contributed by atoms with van der Waals surface area (Å²) >= 11 is 0. The summed E-state index contributed by atoms with van der Waals surface area (Å²) in [6, 6.07) is 19.2. The monoisotopic (exact) mass is 405 g/mol. The van der Waals surface area contributed by atoms with E-state index in [2.05, 4.69) is 63.0 Å². The fraction of sp³-hybridized carbons (Fsp3) is 0.417. The van der Waals surface area contributed by atoms with Crippen LogP contribution in [0, 0.1) is 0 Å².